The molecule has 0 radical (unpaired) electrons. The molecule has 0 aliphatic heterocycles. The van der Waals surface area contributed by atoms with Gasteiger partial charge >= 0.3 is 0 Å². The van der Waals surface area contributed by atoms with Crippen LogP contribution in [0.2, 0.25) is 0 Å². The third-order valence-corrected chi connectivity index (χ3v) is 15.0. The van der Waals surface area contributed by atoms with E-state index in [0.29, 0.717) is 0 Å². The zero-order valence-corrected chi connectivity index (χ0v) is 29.3. The molecule has 0 saturated heterocycles. The number of hydrogen-bond donors (Lipinski definition) is 0. The average molecular weight is 683 g/mol. The predicted octanol–water partition coefficient (Wildman–Crippen LogP) is 9.31. The highest BCUT2D eigenvalue weighted by Gasteiger charge is 2.30. The van der Waals surface area contributed by atoms with Gasteiger partial charge in [-0.3, -0.25) is 0 Å². The van der Waals surface area contributed by atoms with Crippen LogP contribution in [-0.2, 0) is 9.13 Å². The molecule has 7 aromatic rings. The van der Waals surface area contributed by atoms with E-state index in [1.165, 1.54) is 0 Å². The van der Waals surface area contributed by atoms with Gasteiger partial charge in [0.15, 0.2) is 14.3 Å². The Morgan fingerprint density at radius 3 is 0.640 bits per heavy atom. The smallest absolute Gasteiger partial charge is 0.171 e. The average Bonchev–Trinajstić information content (AvgIpc) is 3.21. The van der Waals surface area contributed by atoms with Gasteiger partial charge < -0.3 is 9.13 Å². The standard InChI is InChI=1S/C46H36O2P2/c47-49(41-13-5-1-6-14-41,42-15-7-2-8-16-42)45-33-29-39(30-34-45)27-25-37-21-23-38(24-22-37)26-28-40-31-35-46(36-32-40)50(48,43-17-9-3-10-18-43)44-19-11-4-12-20-44/h1-36H. The summed E-state index contributed by atoms with van der Waals surface area (Å²) in [5.74, 6) is 0. The zero-order valence-electron chi connectivity index (χ0n) is 27.5. The molecule has 4 heteroatoms. The number of rotatable bonds is 10. The highest BCUT2D eigenvalue weighted by molar-refractivity contribution is 7.85. The molecule has 242 valence electrons. The van der Waals surface area contributed by atoms with E-state index in [9.17, 15) is 9.13 Å². The summed E-state index contributed by atoms with van der Waals surface area (Å²) in [7, 11) is -5.97. The van der Waals surface area contributed by atoms with Crippen molar-refractivity contribution in [2.75, 3.05) is 0 Å². The molecule has 7 rings (SSSR count). The molecule has 0 fully saturated rings. The number of benzene rings is 7. The highest BCUT2D eigenvalue weighted by atomic mass is 31.2. The molecule has 0 amide bonds. The molecule has 0 bridgehead atoms. The molecule has 2 nitrogen and oxygen atoms in total. The molecule has 7 aromatic carbocycles. The van der Waals surface area contributed by atoms with Crippen LogP contribution in [0.4, 0.5) is 0 Å². The molecule has 0 saturated carbocycles. The molecule has 0 aliphatic rings. The van der Waals surface area contributed by atoms with Gasteiger partial charge in [0.25, 0.3) is 0 Å². The topological polar surface area (TPSA) is 34.1 Å². The number of hydrogen-bond acceptors (Lipinski definition) is 2. The van der Waals surface area contributed by atoms with Crippen LogP contribution in [0.1, 0.15) is 22.3 Å². The second kappa shape index (κ2) is 14.9. The van der Waals surface area contributed by atoms with E-state index in [1.54, 1.807) is 0 Å². The van der Waals surface area contributed by atoms with E-state index in [1.807, 2.05) is 170 Å². The van der Waals surface area contributed by atoms with E-state index in [-0.39, 0.29) is 0 Å². The van der Waals surface area contributed by atoms with Crippen LogP contribution in [0.15, 0.2) is 194 Å². The lowest BCUT2D eigenvalue weighted by Gasteiger charge is -2.20. The minimum atomic E-state index is -2.99. The second-order valence-electron chi connectivity index (χ2n) is 12.1. The van der Waals surface area contributed by atoms with Gasteiger partial charge in [-0.2, -0.15) is 0 Å². The lowest BCUT2D eigenvalue weighted by molar-refractivity contribution is 0.591. The fourth-order valence-corrected chi connectivity index (χ4v) is 11.4. The molecule has 0 heterocycles. The maximum absolute atomic E-state index is 14.6. The Kier molecular flexibility index (Phi) is 9.86. The van der Waals surface area contributed by atoms with Crippen LogP contribution < -0.4 is 31.8 Å². The lowest BCUT2D eigenvalue weighted by Crippen LogP contribution is -2.24. The van der Waals surface area contributed by atoms with Crippen molar-refractivity contribution in [1.29, 1.82) is 0 Å². The van der Waals surface area contributed by atoms with Gasteiger partial charge in [-0.1, -0.05) is 218 Å². The Balaban J connectivity index is 1.04. The van der Waals surface area contributed by atoms with Gasteiger partial charge in [0.1, 0.15) is 0 Å². The van der Waals surface area contributed by atoms with Crippen LogP contribution in [0.25, 0.3) is 24.3 Å². The van der Waals surface area contributed by atoms with Gasteiger partial charge in [-0.25, -0.2) is 0 Å². The SMILES string of the molecule is O=P(c1ccccc1)(c1ccccc1)c1ccc(C=Cc2ccc(C=Cc3ccc(P(=O)(c4ccccc4)c4ccccc4)cc3)cc2)cc1. The summed E-state index contributed by atoms with van der Waals surface area (Å²) in [5, 5.41) is 4.96. The van der Waals surface area contributed by atoms with Crippen LogP contribution in [0.5, 0.6) is 0 Å². The van der Waals surface area contributed by atoms with Crippen molar-refractivity contribution in [3.05, 3.63) is 216 Å². The Morgan fingerprint density at radius 2 is 0.420 bits per heavy atom. The van der Waals surface area contributed by atoms with Gasteiger partial charge in [0, 0.05) is 31.8 Å². The maximum Gasteiger partial charge on any atom is 0.171 e. The molecule has 0 unspecified atom stereocenters. The second-order valence-corrected chi connectivity index (χ2v) is 17.6. The molecule has 0 atom stereocenters. The summed E-state index contributed by atoms with van der Waals surface area (Å²) in [5.41, 5.74) is 4.26. The highest BCUT2D eigenvalue weighted by Crippen LogP contribution is 2.43. The van der Waals surface area contributed by atoms with E-state index in [2.05, 4.69) is 48.6 Å². The van der Waals surface area contributed by atoms with Crippen molar-refractivity contribution in [3.8, 4) is 0 Å². The summed E-state index contributed by atoms with van der Waals surface area (Å²) >= 11 is 0. The van der Waals surface area contributed by atoms with E-state index in [4.69, 9.17) is 0 Å². The van der Waals surface area contributed by atoms with Gasteiger partial charge in [-0.15, -0.1) is 0 Å². The largest absolute Gasteiger partial charge is 0.309 e. The fraction of sp³-hybridized carbons (Fsp3) is 0. The molecular formula is C46H36O2P2. The third kappa shape index (κ3) is 6.96. The summed E-state index contributed by atoms with van der Waals surface area (Å²) < 4.78 is 29.2. The first-order chi connectivity index (χ1) is 24.5. The third-order valence-electron chi connectivity index (χ3n) is 8.87. The van der Waals surface area contributed by atoms with Crippen molar-refractivity contribution in [2.24, 2.45) is 0 Å². The van der Waals surface area contributed by atoms with Gasteiger partial charge in [-0.05, 0) is 22.3 Å². The van der Waals surface area contributed by atoms with Crippen molar-refractivity contribution >= 4 is 70.4 Å². The van der Waals surface area contributed by atoms with E-state index >= 15 is 0 Å². The molecule has 50 heavy (non-hydrogen) atoms. The van der Waals surface area contributed by atoms with Crippen molar-refractivity contribution in [1.82, 2.24) is 0 Å². The summed E-state index contributed by atoms with van der Waals surface area (Å²) in [6.07, 6.45) is 8.34. The molecule has 0 aliphatic carbocycles. The quantitative estimate of drug-likeness (QED) is 0.107. The molecule has 0 spiro atoms. The van der Waals surface area contributed by atoms with Crippen molar-refractivity contribution in [2.45, 2.75) is 0 Å². The predicted molar refractivity (Wildman–Crippen MR) is 216 cm³/mol. The lowest BCUT2D eigenvalue weighted by atomic mass is 10.1. The Labute approximate surface area is 294 Å². The minimum Gasteiger partial charge on any atom is -0.309 e. The first-order valence-electron chi connectivity index (χ1n) is 16.6. The monoisotopic (exact) mass is 682 g/mol. The van der Waals surface area contributed by atoms with E-state index in [0.717, 1.165) is 54.1 Å². The molecule has 0 N–H and O–H groups in total. The van der Waals surface area contributed by atoms with Crippen LogP contribution in [0.3, 0.4) is 0 Å². The van der Waals surface area contributed by atoms with Crippen LogP contribution in [0, 0.1) is 0 Å². The van der Waals surface area contributed by atoms with Crippen molar-refractivity contribution < 1.29 is 9.13 Å². The van der Waals surface area contributed by atoms with Gasteiger partial charge in [0.2, 0.25) is 0 Å². The first-order valence-corrected chi connectivity index (χ1v) is 20.0. The van der Waals surface area contributed by atoms with Crippen molar-refractivity contribution in [3.63, 3.8) is 0 Å². The Morgan fingerprint density at radius 1 is 0.240 bits per heavy atom. The molecule has 0 aromatic heterocycles. The maximum atomic E-state index is 14.6. The van der Waals surface area contributed by atoms with E-state index < -0.39 is 14.3 Å². The van der Waals surface area contributed by atoms with Crippen LogP contribution in [-0.4, -0.2) is 0 Å². The summed E-state index contributed by atoms with van der Waals surface area (Å²) in [6, 6.07) is 63.5. The van der Waals surface area contributed by atoms with Crippen LogP contribution >= 0.6 is 14.3 Å². The van der Waals surface area contributed by atoms with Gasteiger partial charge in [0.05, 0.1) is 0 Å². The Bertz CT molecular complexity index is 2060. The summed E-state index contributed by atoms with van der Waals surface area (Å²) in [4.78, 5) is 0. The first kappa shape index (κ1) is 33.0. The summed E-state index contributed by atoms with van der Waals surface area (Å²) in [6.45, 7) is 0. The normalized spacial score (nSPS) is 12.0. The Hall–Kier alpha value is -5.52. The minimum absolute atomic E-state index is 0.819. The zero-order chi connectivity index (χ0) is 34.2. The molecular weight excluding hydrogens is 646 g/mol. The fourth-order valence-electron chi connectivity index (χ4n) is 6.14.